The van der Waals surface area contributed by atoms with Crippen molar-refractivity contribution in [1.29, 1.82) is 0 Å². The molecule has 16 heavy (non-hydrogen) atoms. The minimum Gasteiger partial charge on any atom is -0.388 e. The maximum atomic E-state index is 10.4. The van der Waals surface area contributed by atoms with Crippen molar-refractivity contribution in [2.75, 3.05) is 0 Å². The van der Waals surface area contributed by atoms with Gasteiger partial charge in [-0.25, -0.2) is 0 Å². The molecule has 0 aromatic carbocycles. The number of pyridine rings is 1. The summed E-state index contributed by atoms with van der Waals surface area (Å²) >= 11 is 0. The van der Waals surface area contributed by atoms with Crippen LogP contribution in [0.3, 0.4) is 0 Å². The zero-order valence-corrected chi connectivity index (χ0v) is 10.4. The number of hydrogen-bond acceptors (Lipinski definition) is 2. The van der Waals surface area contributed by atoms with Gasteiger partial charge in [0, 0.05) is 11.9 Å². The summed E-state index contributed by atoms with van der Waals surface area (Å²) < 4.78 is 0. The van der Waals surface area contributed by atoms with Crippen LogP contribution in [0.5, 0.6) is 0 Å². The molecule has 0 aliphatic heterocycles. The first-order valence-corrected chi connectivity index (χ1v) is 6.11. The zero-order chi connectivity index (χ0) is 11.8. The standard InChI is InChI=1S/C14H21NO/c1-10-6-7-11(9-15-10)13(16)12-5-4-8-14(12,2)3/h6-7,9,12-13,16H,4-5,8H2,1-3H3. The molecule has 1 aromatic heterocycles. The van der Waals surface area contributed by atoms with Crippen molar-refractivity contribution in [2.24, 2.45) is 11.3 Å². The fourth-order valence-corrected chi connectivity index (χ4v) is 2.83. The Bertz CT molecular complexity index is 356. The third kappa shape index (κ3) is 2.12. The highest BCUT2D eigenvalue weighted by molar-refractivity contribution is 5.17. The van der Waals surface area contributed by atoms with Gasteiger partial charge in [0.15, 0.2) is 0 Å². The van der Waals surface area contributed by atoms with Gasteiger partial charge in [-0.2, -0.15) is 0 Å². The summed E-state index contributed by atoms with van der Waals surface area (Å²) in [7, 11) is 0. The molecule has 1 heterocycles. The largest absolute Gasteiger partial charge is 0.388 e. The molecule has 1 aromatic rings. The van der Waals surface area contributed by atoms with E-state index in [1.165, 1.54) is 12.8 Å². The highest BCUT2D eigenvalue weighted by Crippen LogP contribution is 2.48. The lowest BCUT2D eigenvalue weighted by Crippen LogP contribution is -2.24. The average Bonchev–Trinajstić information content (AvgIpc) is 2.58. The lowest BCUT2D eigenvalue weighted by Gasteiger charge is -2.31. The molecule has 1 N–H and O–H groups in total. The third-order valence-corrected chi connectivity index (χ3v) is 4.00. The van der Waals surface area contributed by atoms with Gasteiger partial charge in [0.25, 0.3) is 0 Å². The van der Waals surface area contributed by atoms with Crippen molar-refractivity contribution >= 4 is 0 Å². The SMILES string of the molecule is Cc1ccc(C(O)C2CCCC2(C)C)cn1. The van der Waals surface area contributed by atoms with Gasteiger partial charge in [-0.3, -0.25) is 4.98 Å². The van der Waals surface area contributed by atoms with Crippen LogP contribution in [-0.4, -0.2) is 10.1 Å². The highest BCUT2D eigenvalue weighted by atomic mass is 16.3. The summed E-state index contributed by atoms with van der Waals surface area (Å²) in [6.07, 6.45) is 5.03. The van der Waals surface area contributed by atoms with Crippen LogP contribution in [0.1, 0.15) is 50.5 Å². The van der Waals surface area contributed by atoms with E-state index in [0.717, 1.165) is 17.7 Å². The molecule has 2 heteroatoms. The quantitative estimate of drug-likeness (QED) is 0.828. The molecule has 1 fully saturated rings. The Morgan fingerprint density at radius 1 is 1.44 bits per heavy atom. The lowest BCUT2D eigenvalue weighted by molar-refractivity contribution is 0.0529. The van der Waals surface area contributed by atoms with Crippen LogP contribution in [0.15, 0.2) is 18.3 Å². The Morgan fingerprint density at radius 3 is 2.69 bits per heavy atom. The normalized spacial score (nSPS) is 25.6. The van der Waals surface area contributed by atoms with Crippen molar-refractivity contribution in [2.45, 2.75) is 46.1 Å². The molecule has 1 saturated carbocycles. The highest BCUT2D eigenvalue weighted by Gasteiger charge is 2.39. The van der Waals surface area contributed by atoms with Crippen molar-refractivity contribution in [3.63, 3.8) is 0 Å². The molecule has 1 aliphatic carbocycles. The van der Waals surface area contributed by atoms with Gasteiger partial charge in [-0.05, 0) is 42.7 Å². The first-order valence-electron chi connectivity index (χ1n) is 6.11. The topological polar surface area (TPSA) is 33.1 Å². The second kappa shape index (κ2) is 4.17. The molecule has 0 saturated heterocycles. The maximum absolute atomic E-state index is 10.4. The number of rotatable bonds is 2. The van der Waals surface area contributed by atoms with Crippen molar-refractivity contribution in [3.05, 3.63) is 29.6 Å². The average molecular weight is 219 g/mol. The van der Waals surface area contributed by atoms with E-state index >= 15 is 0 Å². The molecule has 88 valence electrons. The van der Waals surface area contributed by atoms with Crippen LogP contribution in [0.4, 0.5) is 0 Å². The third-order valence-electron chi connectivity index (χ3n) is 4.00. The van der Waals surface area contributed by atoms with Gasteiger partial charge in [-0.1, -0.05) is 26.3 Å². The predicted molar refractivity (Wildman–Crippen MR) is 65.1 cm³/mol. The molecule has 1 aliphatic rings. The number of nitrogens with zero attached hydrogens (tertiary/aromatic N) is 1. The van der Waals surface area contributed by atoms with E-state index in [1.54, 1.807) is 0 Å². The van der Waals surface area contributed by atoms with E-state index in [9.17, 15) is 5.11 Å². The number of hydrogen-bond donors (Lipinski definition) is 1. The van der Waals surface area contributed by atoms with Crippen LogP contribution < -0.4 is 0 Å². The number of aliphatic hydroxyl groups is 1. The van der Waals surface area contributed by atoms with Gasteiger partial charge < -0.3 is 5.11 Å². The molecule has 2 rings (SSSR count). The summed E-state index contributed by atoms with van der Waals surface area (Å²) in [5.41, 5.74) is 2.22. The Labute approximate surface area is 97.7 Å². The Balaban J connectivity index is 2.18. The van der Waals surface area contributed by atoms with E-state index in [1.807, 2.05) is 25.3 Å². The maximum Gasteiger partial charge on any atom is 0.0838 e. The fraction of sp³-hybridized carbons (Fsp3) is 0.643. The van der Waals surface area contributed by atoms with Gasteiger partial charge in [0.05, 0.1) is 6.10 Å². The van der Waals surface area contributed by atoms with Crippen molar-refractivity contribution in [3.8, 4) is 0 Å². The molecule has 2 nitrogen and oxygen atoms in total. The Kier molecular flexibility index (Phi) is 3.02. The fourth-order valence-electron chi connectivity index (χ4n) is 2.83. The van der Waals surface area contributed by atoms with E-state index in [2.05, 4.69) is 18.8 Å². The zero-order valence-electron chi connectivity index (χ0n) is 10.4. The number of aryl methyl sites for hydroxylation is 1. The summed E-state index contributed by atoms with van der Waals surface area (Å²) in [6, 6.07) is 3.97. The Hall–Kier alpha value is -0.890. The van der Waals surface area contributed by atoms with Crippen LogP contribution in [0.25, 0.3) is 0 Å². The summed E-state index contributed by atoms with van der Waals surface area (Å²) in [5.74, 6) is 0.372. The van der Waals surface area contributed by atoms with Crippen molar-refractivity contribution < 1.29 is 5.11 Å². The molecular weight excluding hydrogens is 198 g/mol. The first kappa shape index (κ1) is 11.6. The van der Waals surface area contributed by atoms with Crippen LogP contribution >= 0.6 is 0 Å². The van der Waals surface area contributed by atoms with Gasteiger partial charge in [0.1, 0.15) is 0 Å². The Morgan fingerprint density at radius 2 is 2.19 bits per heavy atom. The minimum atomic E-state index is -0.356. The predicted octanol–water partition coefficient (Wildman–Crippen LogP) is 3.25. The lowest BCUT2D eigenvalue weighted by atomic mass is 9.77. The smallest absolute Gasteiger partial charge is 0.0838 e. The van der Waals surface area contributed by atoms with Gasteiger partial charge in [0.2, 0.25) is 0 Å². The molecular formula is C14H21NO. The first-order chi connectivity index (χ1) is 7.50. The van der Waals surface area contributed by atoms with Crippen LogP contribution in [0, 0.1) is 18.3 Å². The molecule has 0 radical (unpaired) electrons. The molecule has 0 amide bonds. The van der Waals surface area contributed by atoms with E-state index in [0.29, 0.717) is 5.92 Å². The van der Waals surface area contributed by atoms with E-state index in [-0.39, 0.29) is 11.5 Å². The van der Waals surface area contributed by atoms with E-state index < -0.39 is 0 Å². The van der Waals surface area contributed by atoms with Gasteiger partial charge >= 0.3 is 0 Å². The summed E-state index contributed by atoms with van der Waals surface area (Å²) in [4.78, 5) is 4.26. The monoisotopic (exact) mass is 219 g/mol. The number of aromatic nitrogens is 1. The molecule has 2 unspecified atom stereocenters. The summed E-state index contributed by atoms with van der Waals surface area (Å²) in [5, 5.41) is 10.4. The van der Waals surface area contributed by atoms with Crippen LogP contribution in [0.2, 0.25) is 0 Å². The molecule has 2 atom stereocenters. The van der Waals surface area contributed by atoms with Crippen molar-refractivity contribution in [1.82, 2.24) is 4.98 Å². The number of aliphatic hydroxyl groups excluding tert-OH is 1. The van der Waals surface area contributed by atoms with Gasteiger partial charge in [-0.15, -0.1) is 0 Å². The van der Waals surface area contributed by atoms with E-state index in [4.69, 9.17) is 0 Å². The second-order valence-electron chi connectivity index (χ2n) is 5.67. The molecule has 0 spiro atoms. The second-order valence-corrected chi connectivity index (χ2v) is 5.67. The molecule has 0 bridgehead atoms. The summed E-state index contributed by atoms with van der Waals surface area (Å²) in [6.45, 7) is 6.49. The van der Waals surface area contributed by atoms with Crippen LogP contribution in [-0.2, 0) is 0 Å². The minimum absolute atomic E-state index is 0.254.